The molecule has 1 fully saturated rings. The standard InChI is InChI=1S/C20H23NO4S/c1-15-7-8-18(26(23,24)20-10-9-19(22)21-20)17(13-15)11-12-25-14-16-5-3-2-4-6-16/h2-8,13,20H,9-12,14H2,1H3,(H,21,22)/t20-/m0/s1. The average molecular weight is 373 g/mol. The highest BCUT2D eigenvalue weighted by molar-refractivity contribution is 7.92. The summed E-state index contributed by atoms with van der Waals surface area (Å²) < 4.78 is 31.5. The van der Waals surface area contributed by atoms with E-state index in [9.17, 15) is 13.2 Å². The summed E-state index contributed by atoms with van der Waals surface area (Å²) in [6.45, 7) is 2.85. The molecule has 1 N–H and O–H groups in total. The van der Waals surface area contributed by atoms with Gasteiger partial charge in [0.15, 0.2) is 9.84 Å². The maximum absolute atomic E-state index is 12.9. The summed E-state index contributed by atoms with van der Waals surface area (Å²) in [5.74, 6) is -0.210. The number of sulfone groups is 1. The molecule has 0 saturated carbocycles. The number of aryl methyl sites for hydroxylation is 1. The molecule has 26 heavy (non-hydrogen) atoms. The molecule has 1 aliphatic rings. The Hall–Kier alpha value is -2.18. The van der Waals surface area contributed by atoms with Crippen molar-refractivity contribution in [2.75, 3.05) is 6.61 Å². The molecule has 2 aromatic rings. The van der Waals surface area contributed by atoms with Gasteiger partial charge in [-0.1, -0.05) is 48.0 Å². The number of amides is 1. The lowest BCUT2D eigenvalue weighted by Crippen LogP contribution is -2.33. The third-order valence-corrected chi connectivity index (χ3v) is 6.59. The third-order valence-electron chi connectivity index (χ3n) is 4.48. The second kappa shape index (κ2) is 8.01. The van der Waals surface area contributed by atoms with Gasteiger partial charge in [0, 0.05) is 6.42 Å². The molecular weight excluding hydrogens is 350 g/mol. The number of carbonyl (C=O) groups excluding carboxylic acids is 1. The van der Waals surface area contributed by atoms with Gasteiger partial charge in [-0.25, -0.2) is 8.42 Å². The average Bonchev–Trinajstić information content (AvgIpc) is 3.07. The summed E-state index contributed by atoms with van der Waals surface area (Å²) in [7, 11) is -3.60. The molecule has 1 saturated heterocycles. The molecule has 138 valence electrons. The van der Waals surface area contributed by atoms with Crippen molar-refractivity contribution in [1.82, 2.24) is 5.32 Å². The van der Waals surface area contributed by atoms with E-state index in [2.05, 4.69) is 5.32 Å². The number of rotatable bonds is 7. The first kappa shape index (κ1) is 18.6. The summed E-state index contributed by atoms with van der Waals surface area (Å²) in [6.07, 6.45) is 1.08. The van der Waals surface area contributed by atoms with Crippen molar-refractivity contribution in [2.24, 2.45) is 0 Å². The van der Waals surface area contributed by atoms with Crippen molar-refractivity contribution in [3.8, 4) is 0 Å². The van der Waals surface area contributed by atoms with E-state index in [1.165, 1.54) is 0 Å². The predicted octanol–water partition coefficient (Wildman–Crippen LogP) is 2.76. The monoisotopic (exact) mass is 373 g/mol. The van der Waals surface area contributed by atoms with Gasteiger partial charge in [0.1, 0.15) is 5.37 Å². The van der Waals surface area contributed by atoms with Gasteiger partial charge in [0.25, 0.3) is 0 Å². The van der Waals surface area contributed by atoms with Gasteiger partial charge in [0.2, 0.25) is 5.91 Å². The van der Waals surface area contributed by atoms with Crippen LogP contribution >= 0.6 is 0 Å². The third kappa shape index (κ3) is 4.31. The normalized spacial score (nSPS) is 17.3. The van der Waals surface area contributed by atoms with Crippen LogP contribution in [0.5, 0.6) is 0 Å². The van der Waals surface area contributed by atoms with Gasteiger partial charge >= 0.3 is 0 Å². The molecule has 0 spiro atoms. The van der Waals surface area contributed by atoms with E-state index >= 15 is 0 Å². The number of nitrogens with one attached hydrogen (secondary N) is 1. The van der Waals surface area contributed by atoms with Crippen LogP contribution in [0.4, 0.5) is 0 Å². The maximum atomic E-state index is 12.9. The minimum atomic E-state index is -3.60. The molecule has 1 amide bonds. The molecule has 0 aliphatic carbocycles. The fourth-order valence-corrected chi connectivity index (χ4v) is 4.91. The minimum Gasteiger partial charge on any atom is -0.376 e. The Labute approximate surface area is 154 Å². The van der Waals surface area contributed by atoms with Crippen molar-refractivity contribution < 1.29 is 17.9 Å². The molecule has 0 radical (unpaired) electrons. The molecule has 0 aromatic heterocycles. The second-order valence-electron chi connectivity index (χ2n) is 6.54. The number of hydrogen-bond acceptors (Lipinski definition) is 4. The van der Waals surface area contributed by atoms with Crippen LogP contribution in [0.3, 0.4) is 0 Å². The molecule has 3 rings (SSSR count). The van der Waals surface area contributed by atoms with E-state index in [0.29, 0.717) is 31.0 Å². The van der Waals surface area contributed by atoms with Gasteiger partial charge in [-0.05, 0) is 37.0 Å². The lowest BCUT2D eigenvalue weighted by Gasteiger charge is -2.16. The lowest BCUT2D eigenvalue weighted by atomic mass is 10.1. The van der Waals surface area contributed by atoms with Gasteiger partial charge in [-0.3, -0.25) is 4.79 Å². The molecule has 0 unspecified atom stereocenters. The molecule has 5 nitrogen and oxygen atoms in total. The van der Waals surface area contributed by atoms with Crippen LogP contribution in [0.1, 0.15) is 29.5 Å². The first-order valence-electron chi connectivity index (χ1n) is 8.71. The Balaban J connectivity index is 1.71. The topological polar surface area (TPSA) is 72.5 Å². The van der Waals surface area contributed by atoms with Crippen molar-refractivity contribution >= 4 is 15.7 Å². The van der Waals surface area contributed by atoms with Gasteiger partial charge in [-0.15, -0.1) is 0 Å². The SMILES string of the molecule is Cc1ccc(S(=O)(=O)[C@H]2CCC(=O)N2)c(CCOCc2ccccc2)c1. The Bertz CT molecular complexity index is 878. The van der Waals surface area contributed by atoms with Crippen LogP contribution in [-0.4, -0.2) is 26.3 Å². The predicted molar refractivity (Wildman–Crippen MR) is 99.3 cm³/mol. The van der Waals surface area contributed by atoms with Gasteiger partial charge < -0.3 is 10.1 Å². The zero-order valence-electron chi connectivity index (χ0n) is 14.8. The van der Waals surface area contributed by atoms with Crippen LogP contribution in [0.25, 0.3) is 0 Å². The Morgan fingerprint density at radius 2 is 1.92 bits per heavy atom. The quantitative estimate of drug-likeness (QED) is 0.758. The largest absolute Gasteiger partial charge is 0.376 e. The number of hydrogen-bond donors (Lipinski definition) is 1. The minimum absolute atomic E-state index is 0.210. The van der Waals surface area contributed by atoms with Crippen LogP contribution in [0.2, 0.25) is 0 Å². The van der Waals surface area contributed by atoms with E-state index in [0.717, 1.165) is 16.7 Å². The number of ether oxygens (including phenoxy) is 1. The Kier molecular flexibility index (Phi) is 5.74. The maximum Gasteiger partial charge on any atom is 0.221 e. The molecule has 6 heteroatoms. The zero-order valence-corrected chi connectivity index (χ0v) is 15.6. The summed E-state index contributed by atoms with van der Waals surface area (Å²) in [4.78, 5) is 11.7. The summed E-state index contributed by atoms with van der Waals surface area (Å²) in [5, 5.41) is 1.73. The molecular formula is C20H23NO4S. The highest BCUT2D eigenvalue weighted by Gasteiger charge is 2.34. The molecule has 1 aliphatic heterocycles. The smallest absolute Gasteiger partial charge is 0.221 e. The van der Waals surface area contributed by atoms with Crippen LogP contribution in [-0.2, 0) is 32.4 Å². The molecule has 1 heterocycles. The Morgan fingerprint density at radius 1 is 1.15 bits per heavy atom. The molecule has 0 bridgehead atoms. The van der Waals surface area contributed by atoms with Crippen LogP contribution in [0, 0.1) is 6.92 Å². The van der Waals surface area contributed by atoms with Crippen molar-refractivity contribution in [1.29, 1.82) is 0 Å². The van der Waals surface area contributed by atoms with E-state index in [4.69, 9.17) is 4.74 Å². The van der Waals surface area contributed by atoms with E-state index < -0.39 is 15.2 Å². The fraction of sp³-hybridized carbons (Fsp3) is 0.350. The van der Waals surface area contributed by atoms with E-state index in [-0.39, 0.29) is 12.3 Å². The Morgan fingerprint density at radius 3 is 2.62 bits per heavy atom. The summed E-state index contributed by atoms with van der Waals surface area (Å²) in [5.41, 5.74) is 2.81. The number of benzene rings is 2. The van der Waals surface area contributed by atoms with Crippen molar-refractivity contribution in [2.45, 2.75) is 43.1 Å². The first-order valence-corrected chi connectivity index (χ1v) is 10.3. The summed E-state index contributed by atoms with van der Waals surface area (Å²) in [6, 6.07) is 15.2. The van der Waals surface area contributed by atoms with Crippen molar-refractivity contribution in [3.63, 3.8) is 0 Å². The van der Waals surface area contributed by atoms with E-state index in [1.807, 2.05) is 43.3 Å². The summed E-state index contributed by atoms with van der Waals surface area (Å²) >= 11 is 0. The number of carbonyl (C=O) groups is 1. The van der Waals surface area contributed by atoms with E-state index in [1.54, 1.807) is 12.1 Å². The zero-order chi connectivity index (χ0) is 18.6. The second-order valence-corrected chi connectivity index (χ2v) is 8.64. The van der Waals surface area contributed by atoms with Gasteiger partial charge in [-0.2, -0.15) is 0 Å². The lowest BCUT2D eigenvalue weighted by molar-refractivity contribution is -0.119. The molecule has 1 atom stereocenters. The molecule has 2 aromatic carbocycles. The first-order chi connectivity index (χ1) is 12.5. The van der Waals surface area contributed by atoms with Gasteiger partial charge in [0.05, 0.1) is 18.1 Å². The highest BCUT2D eigenvalue weighted by atomic mass is 32.2. The van der Waals surface area contributed by atoms with Crippen molar-refractivity contribution in [3.05, 3.63) is 65.2 Å². The highest BCUT2D eigenvalue weighted by Crippen LogP contribution is 2.26. The van der Waals surface area contributed by atoms with Crippen LogP contribution in [0.15, 0.2) is 53.4 Å². The van der Waals surface area contributed by atoms with Crippen LogP contribution < -0.4 is 5.32 Å². The fourth-order valence-electron chi connectivity index (χ4n) is 3.10.